The van der Waals surface area contributed by atoms with Crippen molar-refractivity contribution in [3.63, 3.8) is 0 Å². The van der Waals surface area contributed by atoms with Crippen LogP contribution in [-0.2, 0) is 22.6 Å². The Bertz CT molecular complexity index is 857. The van der Waals surface area contributed by atoms with Crippen LogP contribution in [0.3, 0.4) is 0 Å². The molecule has 2 aromatic rings. The van der Waals surface area contributed by atoms with Crippen LogP contribution in [-0.4, -0.2) is 44.9 Å². The van der Waals surface area contributed by atoms with Gasteiger partial charge in [-0.2, -0.15) is 4.98 Å². The summed E-state index contributed by atoms with van der Waals surface area (Å²) in [5.74, 6) is -0.612. The number of carboxylic acids is 1. The van der Waals surface area contributed by atoms with Gasteiger partial charge in [-0.3, -0.25) is 9.59 Å². The number of anilines is 2. The molecule has 1 unspecified atom stereocenters. The maximum Gasteiger partial charge on any atom is 0.308 e. The van der Waals surface area contributed by atoms with Crippen LogP contribution in [0.25, 0.3) is 0 Å². The fraction of sp³-hybridized carbons (Fsp3) is 0.333. The Kier molecular flexibility index (Phi) is 5.39. The summed E-state index contributed by atoms with van der Waals surface area (Å²) in [6.45, 7) is 0.950. The van der Waals surface area contributed by atoms with Gasteiger partial charge in [0.25, 0.3) is 0 Å². The van der Waals surface area contributed by atoms with E-state index in [1.54, 1.807) is 4.90 Å². The molecule has 0 aliphatic carbocycles. The van der Waals surface area contributed by atoms with E-state index >= 15 is 0 Å². The number of aliphatic carboxylic acids is 1. The minimum Gasteiger partial charge on any atom is -0.489 e. The fourth-order valence-corrected chi connectivity index (χ4v) is 2.92. The Morgan fingerprint density at radius 1 is 1.37 bits per heavy atom. The lowest BCUT2D eigenvalue weighted by atomic mass is 10.1. The fourth-order valence-electron chi connectivity index (χ4n) is 2.92. The Morgan fingerprint density at radius 3 is 2.89 bits per heavy atom. The van der Waals surface area contributed by atoms with Gasteiger partial charge in [0.1, 0.15) is 18.2 Å². The molecule has 1 aliphatic rings. The molecule has 1 fully saturated rings. The average Bonchev–Trinajstić information content (AvgIpc) is 3.01. The zero-order valence-corrected chi connectivity index (χ0v) is 14.7. The average molecular weight is 371 g/mol. The molecule has 142 valence electrons. The highest BCUT2D eigenvalue weighted by Crippen LogP contribution is 2.20. The molecule has 0 bridgehead atoms. The van der Waals surface area contributed by atoms with E-state index in [0.29, 0.717) is 24.3 Å². The maximum absolute atomic E-state index is 11.9. The van der Waals surface area contributed by atoms with Crippen LogP contribution in [0.5, 0.6) is 5.75 Å². The number of amides is 1. The molecule has 5 N–H and O–H groups in total. The second-order valence-electron chi connectivity index (χ2n) is 6.40. The van der Waals surface area contributed by atoms with Crippen molar-refractivity contribution >= 4 is 23.6 Å². The smallest absolute Gasteiger partial charge is 0.308 e. The van der Waals surface area contributed by atoms with Crippen LogP contribution < -0.4 is 16.2 Å². The molecule has 1 saturated heterocycles. The summed E-state index contributed by atoms with van der Waals surface area (Å²) in [6, 6.07) is 7.49. The van der Waals surface area contributed by atoms with Crippen LogP contribution in [0.15, 0.2) is 30.5 Å². The lowest BCUT2D eigenvalue weighted by Gasteiger charge is -2.16. The third kappa shape index (κ3) is 4.63. The molecule has 0 radical (unpaired) electrons. The van der Waals surface area contributed by atoms with Gasteiger partial charge in [-0.05, 0) is 24.1 Å². The minimum atomic E-state index is -0.924. The number of hydrogen-bond donors (Lipinski definition) is 3. The van der Waals surface area contributed by atoms with Gasteiger partial charge in [-0.25, -0.2) is 4.98 Å². The van der Waals surface area contributed by atoms with Crippen molar-refractivity contribution in [2.75, 3.05) is 24.6 Å². The quantitative estimate of drug-likeness (QED) is 0.645. The van der Waals surface area contributed by atoms with Gasteiger partial charge in [0.2, 0.25) is 11.9 Å². The van der Waals surface area contributed by atoms with Crippen molar-refractivity contribution in [3.8, 4) is 5.75 Å². The molecule has 1 aliphatic heterocycles. The molecule has 0 spiro atoms. The third-order valence-corrected chi connectivity index (χ3v) is 4.44. The van der Waals surface area contributed by atoms with E-state index in [1.165, 1.54) is 6.20 Å². The van der Waals surface area contributed by atoms with Crippen molar-refractivity contribution in [1.82, 2.24) is 14.9 Å². The van der Waals surface area contributed by atoms with Gasteiger partial charge in [0.15, 0.2) is 0 Å². The maximum atomic E-state index is 11.9. The van der Waals surface area contributed by atoms with E-state index in [2.05, 4.69) is 9.97 Å². The number of hydrogen-bond acceptors (Lipinski definition) is 7. The van der Waals surface area contributed by atoms with Crippen molar-refractivity contribution < 1.29 is 19.4 Å². The number of nitrogens with two attached hydrogens (primary N) is 2. The van der Waals surface area contributed by atoms with Crippen LogP contribution >= 0.6 is 0 Å². The Balaban J connectivity index is 1.56. The summed E-state index contributed by atoms with van der Waals surface area (Å²) in [5.41, 5.74) is 12.9. The van der Waals surface area contributed by atoms with Gasteiger partial charge in [-0.15, -0.1) is 0 Å². The SMILES string of the molecule is Nc1ncc(COc2cccc(CCN3CC(C(=O)O)CC3=O)c2)c(N)n1. The molecular weight excluding hydrogens is 350 g/mol. The van der Waals surface area contributed by atoms with E-state index < -0.39 is 11.9 Å². The predicted octanol–water partition coefficient (Wildman–Crippen LogP) is 0.696. The number of ether oxygens (including phenoxy) is 1. The van der Waals surface area contributed by atoms with Crippen molar-refractivity contribution in [1.29, 1.82) is 0 Å². The van der Waals surface area contributed by atoms with Crippen molar-refractivity contribution in [2.45, 2.75) is 19.4 Å². The molecule has 3 rings (SSSR count). The lowest BCUT2D eigenvalue weighted by molar-refractivity contribution is -0.141. The molecule has 0 saturated carbocycles. The van der Waals surface area contributed by atoms with Crippen LogP contribution in [0.1, 0.15) is 17.5 Å². The molecule has 1 aromatic carbocycles. The summed E-state index contributed by atoms with van der Waals surface area (Å²) in [7, 11) is 0. The number of benzene rings is 1. The molecular formula is C18H21N5O4. The number of rotatable bonds is 7. The first-order valence-electron chi connectivity index (χ1n) is 8.51. The highest BCUT2D eigenvalue weighted by Gasteiger charge is 2.33. The van der Waals surface area contributed by atoms with E-state index in [4.69, 9.17) is 21.3 Å². The van der Waals surface area contributed by atoms with Gasteiger partial charge >= 0.3 is 5.97 Å². The van der Waals surface area contributed by atoms with Gasteiger partial charge < -0.3 is 26.2 Å². The number of likely N-dealkylation sites (tertiary alicyclic amines) is 1. The zero-order valence-electron chi connectivity index (χ0n) is 14.7. The number of aromatic nitrogens is 2. The number of nitrogens with zero attached hydrogens (tertiary/aromatic N) is 3. The standard InChI is InChI=1S/C18H21N5O4/c19-16-13(8-21-18(20)22-16)10-27-14-3-1-2-11(6-14)4-5-23-9-12(17(25)26)7-15(23)24/h1-3,6,8,12H,4-5,7,9-10H2,(H,25,26)(H4,19,20,21,22). The Labute approximate surface area is 156 Å². The van der Waals surface area contributed by atoms with Crippen LogP contribution in [0, 0.1) is 5.92 Å². The zero-order chi connectivity index (χ0) is 19.4. The molecule has 1 aromatic heterocycles. The second kappa shape index (κ2) is 7.90. The first-order chi connectivity index (χ1) is 12.9. The first kappa shape index (κ1) is 18.4. The Morgan fingerprint density at radius 2 is 2.19 bits per heavy atom. The topological polar surface area (TPSA) is 145 Å². The Hall–Kier alpha value is -3.36. The summed E-state index contributed by atoms with van der Waals surface area (Å²) in [6.07, 6.45) is 2.21. The van der Waals surface area contributed by atoms with Gasteiger partial charge in [0.05, 0.1) is 11.5 Å². The summed E-state index contributed by atoms with van der Waals surface area (Å²) in [4.78, 5) is 32.3. The molecule has 1 amide bonds. The highest BCUT2D eigenvalue weighted by molar-refractivity contribution is 5.86. The molecule has 1 atom stereocenters. The van der Waals surface area contributed by atoms with E-state index in [9.17, 15) is 9.59 Å². The normalized spacial score (nSPS) is 16.5. The number of carbonyl (C=O) groups excluding carboxylic acids is 1. The van der Waals surface area contributed by atoms with E-state index in [0.717, 1.165) is 5.56 Å². The minimum absolute atomic E-state index is 0.0730. The number of carbonyl (C=O) groups is 2. The molecule has 9 heteroatoms. The first-order valence-corrected chi connectivity index (χ1v) is 8.51. The summed E-state index contributed by atoms with van der Waals surface area (Å²) >= 11 is 0. The molecule has 2 heterocycles. The van der Waals surface area contributed by atoms with Gasteiger partial charge in [-0.1, -0.05) is 12.1 Å². The monoisotopic (exact) mass is 371 g/mol. The summed E-state index contributed by atoms with van der Waals surface area (Å²) in [5, 5.41) is 9.04. The summed E-state index contributed by atoms with van der Waals surface area (Å²) < 4.78 is 5.74. The second-order valence-corrected chi connectivity index (χ2v) is 6.40. The number of nitrogen functional groups attached to an aromatic ring is 2. The van der Waals surface area contributed by atoms with Crippen molar-refractivity contribution in [2.24, 2.45) is 5.92 Å². The van der Waals surface area contributed by atoms with E-state index in [-0.39, 0.29) is 37.2 Å². The van der Waals surface area contributed by atoms with E-state index in [1.807, 2.05) is 24.3 Å². The molecule has 27 heavy (non-hydrogen) atoms. The third-order valence-electron chi connectivity index (χ3n) is 4.44. The highest BCUT2D eigenvalue weighted by atomic mass is 16.5. The predicted molar refractivity (Wildman–Crippen MR) is 97.7 cm³/mol. The van der Waals surface area contributed by atoms with Gasteiger partial charge in [0, 0.05) is 25.7 Å². The number of carboxylic acid groups (broad SMARTS) is 1. The van der Waals surface area contributed by atoms with Crippen molar-refractivity contribution in [3.05, 3.63) is 41.6 Å². The largest absolute Gasteiger partial charge is 0.489 e. The molecule has 9 nitrogen and oxygen atoms in total. The van der Waals surface area contributed by atoms with Crippen LogP contribution in [0.4, 0.5) is 11.8 Å². The van der Waals surface area contributed by atoms with Crippen LogP contribution in [0.2, 0.25) is 0 Å². The lowest BCUT2D eigenvalue weighted by Crippen LogP contribution is -2.28.